The average Bonchev–Trinajstić information content (AvgIpc) is 2.83. The molecule has 0 atom stereocenters. The molecule has 0 aliphatic rings. The first kappa shape index (κ1) is 14.9. The Kier molecular flexibility index (Phi) is 4.17. The average molecular weight is 294 g/mol. The molecule has 0 aliphatic heterocycles. The van der Waals surface area contributed by atoms with Crippen LogP contribution in [0.3, 0.4) is 0 Å². The summed E-state index contributed by atoms with van der Waals surface area (Å²) in [6.07, 6.45) is -0.196. The third-order valence-corrected chi connectivity index (χ3v) is 2.95. The molecule has 1 aromatic carbocycles. The highest BCUT2D eigenvalue weighted by molar-refractivity contribution is 5.59. The Hall–Kier alpha value is -2.49. The predicted molar refractivity (Wildman–Crippen MR) is 71.6 cm³/mol. The van der Waals surface area contributed by atoms with E-state index in [0.29, 0.717) is 18.7 Å². The van der Waals surface area contributed by atoms with E-state index in [4.69, 9.17) is 5.26 Å². The summed E-state index contributed by atoms with van der Waals surface area (Å²) in [5.74, 6) is 0. The summed E-state index contributed by atoms with van der Waals surface area (Å²) in [6, 6.07) is 4.88. The number of halogens is 3. The Bertz CT molecular complexity index is 668. The van der Waals surface area contributed by atoms with E-state index in [9.17, 15) is 13.2 Å². The molecule has 0 amide bonds. The van der Waals surface area contributed by atoms with E-state index < -0.39 is 11.7 Å². The second kappa shape index (κ2) is 5.87. The zero-order chi connectivity index (χ0) is 15.5. The number of nitrogens with one attached hydrogen (secondary N) is 1. The van der Waals surface area contributed by atoms with E-state index in [1.165, 1.54) is 6.07 Å². The standard InChI is InChI=1S/C14H13F3N4/c1-21-9-10(8-20-21)4-5-19-13-3-2-12(14(15,16)17)6-11(13)7-18/h2-3,6,8-9,19H,4-5H2,1H3. The van der Waals surface area contributed by atoms with Gasteiger partial charge in [-0.1, -0.05) is 0 Å². The second-order valence-corrected chi connectivity index (χ2v) is 4.57. The third kappa shape index (κ3) is 3.75. The smallest absolute Gasteiger partial charge is 0.384 e. The molecule has 0 unspecified atom stereocenters. The van der Waals surface area contributed by atoms with Gasteiger partial charge in [-0.05, 0) is 30.2 Å². The minimum Gasteiger partial charge on any atom is -0.384 e. The summed E-state index contributed by atoms with van der Waals surface area (Å²) in [6.45, 7) is 0.506. The van der Waals surface area contributed by atoms with Crippen molar-refractivity contribution in [2.45, 2.75) is 12.6 Å². The number of aromatic nitrogens is 2. The van der Waals surface area contributed by atoms with Gasteiger partial charge < -0.3 is 5.32 Å². The summed E-state index contributed by atoms with van der Waals surface area (Å²) >= 11 is 0. The number of aryl methyl sites for hydroxylation is 1. The number of rotatable bonds is 4. The lowest BCUT2D eigenvalue weighted by Crippen LogP contribution is -2.09. The number of nitrogens with zero attached hydrogens (tertiary/aromatic N) is 3. The van der Waals surface area contributed by atoms with Gasteiger partial charge in [-0.25, -0.2) is 0 Å². The lowest BCUT2D eigenvalue weighted by molar-refractivity contribution is -0.137. The maximum absolute atomic E-state index is 12.6. The molecule has 0 saturated heterocycles. The van der Waals surface area contributed by atoms with Gasteiger partial charge >= 0.3 is 6.18 Å². The molecule has 110 valence electrons. The van der Waals surface area contributed by atoms with Crippen molar-refractivity contribution in [1.82, 2.24) is 9.78 Å². The Morgan fingerprint density at radius 1 is 1.38 bits per heavy atom. The molecular weight excluding hydrogens is 281 g/mol. The predicted octanol–water partition coefficient (Wildman–Crippen LogP) is 2.97. The number of benzene rings is 1. The summed E-state index contributed by atoms with van der Waals surface area (Å²) in [7, 11) is 1.81. The first-order valence-electron chi connectivity index (χ1n) is 6.23. The van der Waals surface area contributed by atoms with Gasteiger partial charge in [0, 0.05) is 19.8 Å². The summed E-state index contributed by atoms with van der Waals surface area (Å²) in [5, 5.41) is 16.0. The lowest BCUT2D eigenvalue weighted by Gasteiger charge is -2.11. The minimum atomic E-state index is -4.44. The van der Waals surface area contributed by atoms with Gasteiger partial charge in [0.15, 0.2) is 0 Å². The summed E-state index contributed by atoms with van der Waals surface area (Å²) in [4.78, 5) is 0. The number of hydrogen-bond acceptors (Lipinski definition) is 3. The maximum Gasteiger partial charge on any atom is 0.416 e. The molecule has 0 bridgehead atoms. The molecule has 0 saturated carbocycles. The Morgan fingerprint density at radius 3 is 2.71 bits per heavy atom. The van der Waals surface area contributed by atoms with Gasteiger partial charge in [-0.2, -0.15) is 23.5 Å². The molecule has 2 rings (SSSR count). The van der Waals surface area contributed by atoms with Crippen molar-refractivity contribution in [3.63, 3.8) is 0 Å². The Labute approximate surface area is 119 Å². The fourth-order valence-corrected chi connectivity index (χ4v) is 1.91. The molecule has 1 heterocycles. The fraction of sp³-hybridized carbons (Fsp3) is 0.286. The van der Waals surface area contributed by atoms with E-state index in [1.54, 1.807) is 24.0 Å². The third-order valence-electron chi connectivity index (χ3n) is 2.95. The molecule has 4 nitrogen and oxygen atoms in total. The molecule has 1 N–H and O–H groups in total. The minimum absolute atomic E-state index is 0.0176. The van der Waals surface area contributed by atoms with Crippen molar-refractivity contribution < 1.29 is 13.2 Å². The number of hydrogen-bond donors (Lipinski definition) is 1. The molecule has 21 heavy (non-hydrogen) atoms. The molecule has 7 heteroatoms. The number of anilines is 1. The van der Waals surface area contributed by atoms with Gasteiger partial charge in [-0.15, -0.1) is 0 Å². The van der Waals surface area contributed by atoms with E-state index in [0.717, 1.165) is 17.7 Å². The van der Waals surface area contributed by atoms with Crippen LogP contribution in [0.5, 0.6) is 0 Å². The van der Waals surface area contributed by atoms with E-state index in [2.05, 4.69) is 10.4 Å². The molecule has 1 aromatic heterocycles. The molecule has 0 fully saturated rings. The van der Waals surface area contributed by atoms with Crippen LogP contribution in [0.2, 0.25) is 0 Å². The van der Waals surface area contributed by atoms with Gasteiger partial charge in [0.25, 0.3) is 0 Å². The normalized spacial score (nSPS) is 11.2. The van der Waals surface area contributed by atoms with Crippen molar-refractivity contribution in [1.29, 1.82) is 5.26 Å². The van der Waals surface area contributed by atoms with Gasteiger partial charge in [0.2, 0.25) is 0 Å². The molecule has 2 aromatic rings. The van der Waals surface area contributed by atoms with Gasteiger partial charge in [0.05, 0.1) is 23.0 Å². The van der Waals surface area contributed by atoms with Gasteiger partial charge in [0.1, 0.15) is 6.07 Å². The van der Waals surface area contributed by atoms with Crippen LogP contribution in [0.4, 0.5) is 18.9 Å². The van der Waals surface area contributed by atoms with Crippen molar-refractivity contribution in [3.05, 3.63) is 47.3 Å². The quantitative estimate of drug-likeness (QED) is 0.943. The second-order valence-electron chi connectivity index (χ2n) is 4.57. The Morgan fingerprint density at radius 2 is 2.14 bits per heavy atom. The fourth-order valence-electron chi connectivity index (χ4n) is 1.91. The molecular formula is C14H13F3N4. The van der Waals surface area contributed by atoms with Crippen LogP contribution in [0, 0.1) is 11.3 Å². The largest absolute Gasteiger partial charge is 0.416 e. The first-order valence-corrected chi connectivity index (χ1v) is 6.23. The van der Waals surface area contributed by atoms with E-state index >= 15 is 0 Å². The van der Waals surface area contributed by atoms with Crippen LogP contribution in [0.25, 0.3) is 0 Å². The summed E-state index contributed by atoms with van der Waals surface area (Å²) < 4.78 is 39.4. The molecule has 0 radical (unpaired) electrons. The SMILES string of the molecule is Cn1cc(CCNc2ccc(C(F)(F)F)cc2C#N)cn1. The maximum atomic E-state index is 12.6. The van der Waals surface area contributed by atoms with Crippen LogP contribution in [-0.4, -0.2) is 16.3 Å². The van der Waals surface area contributed by atoms with Crippen molar-refractivity contribution in [2.75, 3.05) is 11.9 Å². The lowest BCUT2D eigenvalue weighted by atomic mass is 10.1. The van der Waals surface area contributed by atoms with Crippen molar-refractivity contribution in [2.24, 2.45) is 7.05 Å². The van der Waals surface area contributed by atoms with Crippen LogP contribution in [-0.2, 0) is 19.6 Å². The zero-order valence-corrected chi connectivity index (χ0v) is 11.3. The summed E-state index contributed by atoms with van der Waals surface area (Å²) in [5.41, 5.74) is 0.567. The number of nitriles is 1. The highest BCUT2D eigenvalue weighted by Crippen LogP contribution is 2.31. The highest BCUT2D eigenvalue weighted by Gasteiger charge is 2.31. The monoisotopic (exact) mass is 294 g/mol. The van der Waals surface area contributed by atoms with Crippen LogP contribution in [0.15, 0.2) is 30.6 Å². The van der Waals surface area contributed by atoms with Crippen LogP contribution < -0.4 is 5.32 Å². The molecule has 0 spiro atoms. The van der Waals surface area contributed by atoms with E-state index in [1.807, 2.05) is 6.20 Å². The van der Waals surface area contributed by atoms with E-state index in [-0.39, 0.29) is 5.56 Å². The Balaban J connectivity index is 2.05. The molecule has 0 aliphatic carbocycles. The van der Waals surface area contributed by atoms with Crippen molar-refractivity contribution in [3.8, 4) is 6.07 Å². The highest BCUT2D eigenvalue weighted by atomic mass is 19.4. The topological polar surface area (TPSA) is 53.6 Å². The van der Waals surface area contributed by atoms with Crippen LogP contribution in [0.1, 0.15) is 16.7 Å². The number of alkyl halides is 3. The van der Waals surface area contributed by atoms with Crippen molar-refractivity contribution >= 4 is 5.69 Å². The van der Waals surface area contributed by atoms with Gasteiger partial charge in [-0.3, -0.25) is 4.68 Å². The first-order chi connectivity index (χ1) is 9.90. The van der Waals surface area contributed by atoms with Crippen LogP contribution >= 0.6 is 0 Å². The zero-order valence-electron chi connectivity index (χ0n) is 11.3.